The van der Waals surface area contributed by atoms with Crippen LogP contribution in [0.3, 0.4) is 0 Å². The van der Waals surface area contributed by atoms with Crippen molar-refractivity contribution < 1.29 is 0 Å². The Hall–Kier alpha value is -1.70. The van der Waals surface area contributed by atoms with E-state index in [0.29, 0.717) is 0 Å². The molecule has 0 bridgehead atoms. The van der Waals surface area contributed by atoms with Crippen LogP contribution in [0.2, 0.25) is 0 Å². The molecule has 0 saturated carbocycles. The van der Waals surface area contributed by atoms with Crippen molar-refractivity contribution in [3.05, 3.63) is 53.7 Å². The first-order valence-electron chi connectivity index (χ1n) is 4.32. The molecule has 66 valence electrons. The van der Waals surface area contributed by atoms with Crippen molar-refractivity contribution in [3.8, 4) is 0 Å². The van der Waals surface area contributed by atoms with Crippen LogP contribution in [0, 0.1) is 6.92 Å². The Labute approximate surface area is 77.9 Å². The topological polar surface area (TPSA) is 24.1 Å². The van der Waals surface area contributed by atoms with Gasteiger partial charge in [-0.2, -0.15) is 0 Å². The van der Waals surface area contributed by atoms with Crippen molar-refractivity contribution in [2.24, 2.45) is 0 Å². The van der Waals surface area contributed by atoms with E-state index in [-0.39, 0.29) is 0 Å². The molecule has 0 saturated heterocycles. The minimum absolute atomic E-state index is 1.10. The van der Waals surface area contributed by atoms with Gasteiger partial charge in [-0.1, -0.05) is 29.8 Å². The average molecular weight is 172 g/mol. The lowest BCUT2D eigenvalue weighted by molar-refractivity contribution is 0.787. The van der Waals surface area contributed by atoms with Crippen molar-refractivity contribution in [1.29, 1.82) is 0 Å². The second kappa shape index (κ2) is 3.35. The van der Waals surface area contributed by atoms with Crippen molar-refractivity contribution >= 4 is 5.70 Å². The first kappa shape index (κ1) is 7.92. The van der Waals surface area contributed by atoms with E-state index in [2.05, 4.69) is 42.0 Å². The highest BCUT2D eigenvalue weighted by Gasteiger charge is 2.00. The monoisotopic (exact) mass is 172 g/mol. The number of hydrazine groups is 1. The second-order valence-corrected chi connectivity index (χ2v) is 3.07. The van der Waals surface area contributed by atoms with Gasteiger partial charge in [-0.25, -0.2) is 0 Å². The van der Waals surface area contributed by atoms with Gasteiger partial charge in [0.1, 0.15) is 0 Å². The zero-order valence-electron chi connectivity index (χ0n) is 7.54. The van der Waals surface area contributed by atoms with E-state index in [0.717, 1.165) is 5.70 Å². The summed E-state index contributed by atoms with van der Waals surface area (Å²) in [5.74, 6) is 0. The molecule has 1 aliphatic heterocycles. The Morgan fingerprint density at radius 2 is 1.85 bits per heavy atom. The predicted molar refractivity (Wildman–Crippen MR) is 54.6 cm³/mol. The lowest BCUT2D eigenvalue weighted by Crippen LogP contribution is -2.26. The Bertz CT molecular complexity index is 347. The van der Waals surface area contributed by atoms with E-state index >= 15 is 0 Å². The fourth-order valence-electron chi connectivity index (χ4n) is 1.26. The average Bonchev–Trinajstić information content (AvgIpc) is 2.20. The quantitative estimate of drug-likeness (QED) is 0.676. The number of hydrogen-bond acceptors (Lipinski definition) is 2. The molecule has 2 heteroatoms. The molecule has 0 unspecified atom stereocenters. The third-order valence-corrected chi connectivity index (χ3v) is 2.01. The predicted octanol–water partition coefficient (Wildman–Crippen LogP) is 1.96. The number of benzene rings is 1. The third-order valence-electron chi connectivity index (χ3n) is 2.01. The van der Waals surface area contributed by atoms with Crippen LogP contribution in [0.15, 0.2) is 42.6 Å². The molecular formula is C11H12N2. The minimum atomic E-state index is 1.10. The maximum atomic E-state index is 3.08. The number of aryl methyl sites for hydroxylation is 1. The summed E-state index contributed by atoms with van der Waals surface area (Å²) in [4.78, 5) is 0. The summed E-state index contributed by atoms with van der Waals surface area (Å²) >= 11 is 0. The van der Waals surface area contributed by atoms with Gasteiger partial charge >= 0.3 is 0 Å². The van der Waals surface area contributed by atoms with Crippen molar-refractivity contribution in [1.82, 2.24) is 10.9 Å². The molecule has 1 aromatic rings. The molecule has 1 heterocycles. The highest BCUT2D eigenvalue weighted by Crippen LogP contribution is 2.12. The van der Waals surface area contributed by atoms with Crippen molar-refractivity contribution in [3.63, 3.8) is 0 Å². The second-order valence-electron chi connectivity index (χ2n) is 3.07. The molecule has 0 aliphatic carbocycles. The maximum Gasteiger partial charge on any atom is 0.0612 e. The number of nitrogens with one attached hydrogen (secondary N) is 2. The van der Waals surface area contributed by atoms with Gasteiger partial charge in [0.05, 0.1) is 5.70 Å². The van der Waals surface area contributed by atoms with Crippen molar-refractivity contribution in [2.75, 3.05) is 0 Å². The zero-order chi connectivity index (χ0) is 9.10. The van der Waals surface area contributed by atoms with Crippen LogP contribution in [0.5, 0.6) is 0 Å². The van der Waals surface area contributed by atoms with Gasteiger partial charge < -0.3 is 10.9 Å². The fourth-order valence-corrected chi connectivity index (χ4v) is 1.26. The van der Waals surface area contributed by atoms with E-state index < -0.39 is 0 Å². The SMILES string of the molecule is Cc1ccc(C2=CC=CNN2)cc1. The molecule has 1 aliphatic rings. The molecular weight excluding hydrogens is 160 g/mol. The molecule has 2 nitrogen and oxygen atoms in total. The molecule has 1 aromatic carbocycles. The van der Waals surface area contributed by atoms with Crippen LogP contribution in [-0.4, -0.2) is 0 Å². The van der Waals surface area contributed by atoms with Crippen LogP contribution in [-0.2, 0) is 0 Å². The maximum absolute atomic E-state index is 3.08. The van der Waals surface area contributed by atoms with E-state index in [4.69, 9.17) is 0 Å². The minimum Gasteiger partial charge on any atom is -0.308 e. The van der Waals surface area contributed by atoms with Crippen LogP contribution >= 0.6 is 0 Å². The largest absolute Gasteiger partial charge is 0.308 e. The summed E-state index contributed by atoms with van der Waals surface area (Å²) in [5.41, 5.74) is 9.61. The smallest absolute Gasteiger partial charge is 0.0612 e. The van der Waals surface area contributed by atoms with E-state index in [1.807, 2.05) is 18.4 Å². The highest BCUT2D eigenvalue weighted by atomic mass is 15.3. The van der Waals surface area contributed by atoms with Crippen LogP contribution in [0.4, 0.5) is 0 Å². The lowest BCUT2D eigenvalue weighted by Gasteiger charge is -2.13. The van der Waals surface area contributed by atoms with Crippen LogP contribution in [0.1, 0.15) is 11.1 Å². The normalized spacial score (nSPS) is 14.4. The first-order valence-corrected chi connectivity index (χ1v) is 4.32. The standard InChI is InChI=1S/C11H12N2/c1-9-4-6-10(7-5-9)11-3-2-8-12-13-11/h2-8,12-13H,1H3. The summed E-state index contributed by atoms with van der Waals surface area (Å²) in [6.07, 6.45) is 5.88. The van der Waals surface area contributed by atoms with Gasteiger partial charge in [0.25, 0.3) is 0 Å². The number of rotatable bonds is 1. The fraction of sp³-hybridized carbons (Fsp3) is 0.0909. The molecule has 2 N–H and O–H groups in total. The number of hydrogen-bond donors (Lipinski definition) is 2. The lowest BCUT2D eigenvalue weighted by atomic mass is 10.1. The Kier molecular flexibility index (Phi) is 2.04. The molecule has 0 radical (unpaired) electrons. The summed E-state index contributed by atoms with van der Waals surface area (Å²) < 4.78 is 0. The summed E-state index contributed by atoms with van der Waals surface area (Å²) in [6.45, 7) is 2.09. The van der Waals surface area contributed by atoms with E-state index in [9.17, 15) is 0 Å². The molecule has 0 amide bonds. The zero-order valence-corrected chi connectivity index (χ0v) is 7.54. The van der Waals surface area contributed by atoms with Crippen LogP contribution in [0.25, 0.3) is 5.70 Å². The van der Waals surface area contributed by atoms with Gasteiger partial charge in [-0.15, -0.1) is 0 Å². The Balaban J connectivity index is 2.30. The van der Waals surface area contributed by atoms with Gasteiger partial charge in [0.2, 0.25) is 0 Å². The first-order chi connectivity index (χ1) is 6.36. The Morgan fingerprint density at radius 3 is 2.46 bits per heavy atom. The molecule has 13 heavy (non-hydrogen) atoms. The third kappa shape index (κ3) is 1.72. The highest BCUT2D eigenvalue weighted by molar-refractivity contribution is 5.66. The summed E-state index contributed by atoms with van der Waals surface area (Å²) in [6, 6.07) is 8.43. The molecule has 0 aromatic heterocycles. The van der Waals surface area contributed by atoms with E-state index in [1.54, 1.807) is 0 Å². The summed E-state index contributed by atoms with van der Waals surface area (Å²) in [5, 5.41) is 0. The van der Waals surface area contributed by atoms with Gasteiger partial charge in [0, 0.05) is 6.20 Å². The van der Waals surface area contributed by atoms with Gasteiger partial charge in [0.15, 0.2) is 0 Å². The molecule has 0 spiro atoms. The Morgan fingerprint density at radius 1 is 1.08 bits per heavy atom. The van der Waals surface area contributed by atoms with Crippen molar-refractivity contribution in [2.45, 2.75) is 6.92 Å². The molecule has 2 rings (SSSR count). The molecule has 0 atom stereocenters. The van der Waals surface area contributed by atoms with Gasteiger partial charge in [-0.3, -0.25) is 0 Å². The number of allylic oxidation sites excluding steroid dienone is 2. The summed E-state index contributed by atoms with van der Waals surface area (Å²) in [7, 11) is 0. The van der Waals surface area contributed by atoms with Crippen LogP contribution < -0.4 is 10.9 Å². The van der Waals surface area contributed by atoms with E-state index in [1.165, 1.54) is 11.1 Å². The molecule has 0 fully saturated rings. The van der Waals surface area contributed by atoms with Gasteiger partial charge in [-0.05, 0) is 24.6 Å².